The molecule has 0 radical (unpaired) electrons. The molecule has 0 unspecified atom stereocenters. The first-order valence-electron chi connectivity index (χ1n) is 7.06. The van der Waals surface area contributed by atoms with Crippen LogP contribution < -0.4 is 0 Å². The van der Waals surface area contributed by atoms with Crippen LogP contribution in [0.3, 0.4) is 0 Å². The maximum Gasteiger partial charge on any atom is 0.168 e. The standard InChI is InChI=1S/C17H11BrN4O/c18-11-4-5-15-13(7-11)17(14-3-1-2-6-19-14)21-9-16-20-8-12(10-23)22(15)16/h1-8,10H,9H2. The van der Waals surface area contributed by atoms with Gasteiger partial charge in [-0.15, -0.1) is 0 Å². The zero-order chi connectivity index (χ0) is 15.8. The lowest BCUT2D eigenvalue weighted by Gasteiger charge is -2.12. The number of halogens is 1. The first-order chi connectivity index (χ1) is 11.3. The van der Waals surface area contributed by atoms with E-state index in [1.165, 1.54) is 0 Å². The molecule has 0 atom stereocenters. The van der Waals surface area contributed by atoms with Crippen molar-refractivity contribution in [2.45, 2.75) is 6.54 Å². The average Bonchev–Trinajstić information content (AvgIpc) is 2.92. The van der Waals surface area contributed by atoms with E-state index < -0.39 is 0 Å². The molecule has 2 aromatic heterocycles. The number of hydrogen-bond donors (Lipinski definition) is 0. The minimum Gasteiger partial charge on any atom is -0.296 e. The molecule has 0 saturated heterocycles. The van der Waals surface area contributed by atoms with E-state index in [-0.39, 0.29) is 0 Å². The van der Waals surface area contributed by atoms with E-state index in [0.29, 0.717) is 12.2 Å². The molecule has 4 rings (SSSR count). The molecular formula is C17H11BrN4O. The van der Waals surface area contributed by atoms with E-state index in [4.69, 9.17) is 4.99 Å². The van der Waals surface area contributed by atoms with Crippen LogP contribution in [0.1, 0.15) is 27.6 Å². The quantitative estimate of drug-likeness (QED) is 0.654. The number of aromatic nitrogens is 3. The van der Waals surface area contributed by atoms with Crippen molar-refractivity contribution in [1.82, 2.24) is 14.5 Å². The lowest BCUT2D eigenvalue weighted by molar-refractivity contribution is 0.111. The van der Waals surface area contributed by atoms with Crippen LogP contribution in [0.2, 0.25) is 0 Å². The minimum atomic E-state index is 0.395. The highest BCUT2D eigenvalue weighted by Gasteiger charge is 2.22. The summed E-state index contributed by atoms with van der Waals surface area (Å²) in [4.78, 5) is 24.8. The second kappa shape index (κ2) is 5.55. The summed E-state index contributed by atoms with van der Waals surface area (Å²) >= 11 is 3.51. The van der Waals surface area contributed by atoms with Gasteiger partial charge in [-0.05, 0) is 30.3 Å². The van der Waals surface area contributed by atoms with Crippen LogP contribution in [0.25, 0.3) is 5.69 Å². The molecule has 0 N–H and O–H groups in total. The van der Waals surface area contributed by atoms with Crippen molar-refractivity contribution in [2.75, 3.05) is 0 Å². The zero-order valence-electron chi connectivity index (χ0n) is 12.0. The van der Waals surface area contributed by atoms with E-state index >= 15 is 0 Å². The van der Waals surface area contributed by atoms with E-state index in [2.05, 4.69) is 25.9 Å². The Bertz CT molecular complexity index is 931. The Morgan fingerprint density at radius 3 is 2.87 bits per heavy atom. The maximum absolute atomic E-state index is 11.4. The van der Waals surface area contributed by atoms with Crippen LogP contribution in [0.5, 0.6) is 0 Å². The fourth-order valence-corrected chi connectivity index (χ4v) is 3.09. The molecule has 1 aliphatic rings. The highest BCUT2D eigenvalue weighted by Crippen LogP contribution is 2.28. The van der Waals surface area contributed by atoms with Gasteiger partial charge in [-0.25, -0.2) is 4.98 Å². The summed E-state index contributed by atoms with van der Waals surface area (Å²) in [7, 11) is 0. The van der Waals surface area contributed by atoms with Crippen molar-refractivity contribution in [3.05, 3.63) is 76.0 Å². The first kappa shape index (κ1) is 14.0. The van der Waals surface area contributed by atoms with Crippen molar-refractivity contribution in [1.29, 1.82) is 0 Å². The van der Waals surface area contributed by atoms with Gasteiger partial charge in [0, 0.05) is 16.2 Å². The summed E-state index contributed by atoms with van der Waals surface area (Å²) in [6.07, 6.45) is 4.14. The molecule has 6 heteroatoms. The molecule has 0 amide bonds. The van der Waals surface area contributed by atoms with Crippen LogP contribution in [0.4, 0.5) is 0 Å². The van der Waals surface area contributed by atoms with Gasteiger partial charge in [-0.1, -0.05) is 22.0 Å². The molecule has 0 bridgehead atoms. The predicted molar refractivity (Wildman–Crippen MR) is 90.2 cm³/mol. The van der Waals surface area contributed by atoms with Crippen LogP contribution in [-0.2, 0) is 6.54 Å². The van der Waals surface area contributed by atoms with Crippen molar-refractivity contribution in [2.24, 2.45) is 4.99 Å². The summed E-state index contributed by atoms with van der Waals surface area (Å²) in [5.41, 5.74) is 3.90. The van der Waals surface area contributed by atoms with E-state index in [0.717, 1.165) is 39.2 Å². The van der Waals surface area contributed by atoms with Gasteiger partial charge in [0.25, 0.3) is 0 Å². The topological polar surface area (TPSA) is 60.1 Å². The summed E-state index contributed by atoms with van der Waals surface area (Å²) < 4.78 is 2.80. The summed E-state index contributed by atoms with van der Waals surface area (Å²) in [6.45, 7) is 0.395. The first-order valence-corrected chi connectivity index (χ1v) is 7.85. The Labute approximate surface area is 140 Å². The molecule has 23 heavy (non-hydrogen) atoms. The number of hydrogen-bond acceptors (Lipinski definition) is 4. The molecule has 112 valence electrons. The largest absolute Gasteiger partial charge is 0.296 e. The van der Waals surface area contributed by atoms with Crippen molar-refractivity contribution < 1.29 is 4.79 Å². The molecule has 1 aliphatic heterocycles. The minimum absolute atomic E-state index is 0.395. The highest BCUT2D eigenvalue weighted by atomic mass is 79.9. The number of nitrogens with zero attached hydrogens (tertiary/aromatic N) is 4. The van der Waals surface area contributed by atoms with E-state index in [1.807, 2.05) is 41.0 Å². The third kappa shape index (κ3) is 2.31. The Morgan fingerprint density at radius 2 is 2.09 bits per heavy atom. The Balaban J connectivity index is 2.02. The van der Waals surface area contributed by atoms with Crippen molar-refractivity contribution in [3.63, 3.8) is 0 Å². The molecule has 3 aromatic rings. The number of carbonyl (C=O) groups is 1. The third-order valence-corrected chi connectivity index (χ3v) is 4.22. The van der Waals surface area contributed by atoms with Crippen LogP contribution >= 0.6 is 15.9 Å². The number of rotatable bonds is 2. The van der Waals surface area contributed by atoms with Crippen LogP contribution in [-0.4, -0.2) is 26.5 Å². The second-order valence-electron chi connectivity index (χ2n) is 5.09. The van der Waals surface area contributed by atoms with Gasteiger partial charge in [0.05, 0.1) is 29.8 Å². The molecule has 1 aromatic carbocycles. The average molecular weight is 367 g/mol. The number of aliphatic imine (C=N–C) groups is 1. The van der Waals surface area contributed by atoms with Crippen molar-refractivity contribution >= 4 is 27.9 Å². The lowest BCUT2D eigenvalue weighted by atomic mass is 10.0. The fraction of sp³-hybridized carbons (Fsp3) is 0.0588. The normalized spacial score (nSPS) is 12.8. The van der Waals surface area contributed by atoms with Gasteiger partial charge in [-0.3, -0.25) is 19.3 Å². The number of fused-ring (bicyclic) bond motifs is 3. The lowest BCUT2D eigenvalue weighted by Crippen LogP contribution is -2.10. The smallest absolute Gasteiger partial charge is 0.168 e. The van der Waals surface area contributed by atoms with Gasteiger partial charge in [0.2, 0.25) is 0 Å². The highest BCUT2D eigenvalue weighted by molar-refractivity contribution is 9.10. The maximum atomic E-state index is 11.4. The Kier molecular flexibility index (Phi) is 3.38. The van der Waals surface area contributed by atoms with Crippen LogP contribution in [0, 0.1) is 0 Å². The monoisotopic (exact) mass is 366 g/mol. The zero-order valence-corrected chi connectivity index (χ0v) is 13.6. The second-order valence-corrected chi connectivity index (χ2v) is 6.01. The Hall–Kier alpha value is -2.60. The van der Waals surface area contributed by atoms with Gasteiger partial charge in [0.15, 0.2) is 6.29 Å². The third-order valence-electron chi connectivity index (χ3n) is 3.72. The molecule has 0 saturated carbocycles. The predicted octanol–water partition coefficient (Wildman–Crippen LogP) is 3.19. The van der Waals surface area contributed by atoms with Gasteiger partial charge >= 0.3 is 0 Å². The molecule has 0 aliphatic carbocycles. The number of benzene rings is 1. The van der Waals surface area contributed by atoms with Gasteiger partial charge in [-0.2, -0.15) is 0 Å². The number of aldehydes is 1. The molecule has 0 spiro atoms. The molecule has 3 heterocycles. The van der Waals surface area contributed by atoms with Gasteiger partial charge in [0.1, 0.15) is 11.5 Å². The van der Waals surface area contributed by atoms with E-state index in [9.17, 15) is 4.79 Å². The molecule has 0 fully saturated rings. The summed E-state index contributed by atoms with van der Waals surface area (Å²) in [5.74, 6) is 0.738. The van der Waals surface area contributed by atoms with Crippen molar-refractivity contribution in [3.8, 4) is 5.69 Å². The van der Waals surface area contributed by atoms with E-state index in [1.54, 1.807) is 12.4 Å². The number of carbonyl (C=O) groups excluding carboxylic acids is 1. The Morgan fingerprint density at radius 1 is 1.17 bits per heavy atom. The summed E-state index contributed by atoms with van der Waals surface area (Å²) in [5, 5.41) is 0. The summed E-state index contributed by atoms with van der Waals surface area (Å²) in [6, 6.07) is 11.6. The molecule has 5 nitrogen and oxygen atoms in total. The van der Waals surface area contributed by atoms with Gasteiger partial charge < -0.3 is 0 Å². The fourth-order valence-electron chi connectivity index (χ4n) is 2.73. The SMILES string of the molecule is O=Cc1cnc2n1-c1ccc(Br)cc1C(c1ccccn1)=NC2. The number of pyridine rings is 1. The number of imidazole rings is 1. The molecular weight excluding hydrogens is 356 g/mol. The van der Waals surface area contributed by atoms with Crippen LogP contribution in [0.15, 0.2) is 58.3 Å².